The van der Waals surface area contributed by atoms with Crippen LogP contribution in [0.1, 0.15) is 19.3 Å². The highest BCUT2D eigenvalue weighted by molar-refractivity contribution is 7.89. The molecule has 2 fully saturated rings. The maximum Gasteiger partial charge on any atom is 0.242 e. The zero-order valence-corrected chi connectivity index (χ0v) is 12.5. The van der Waals surface area contributed by atoms with Gasteiger partial charge in [0.05, 0.1) is 5.69 Å². The lowest BCUT2D eigenvalue weighted by molar-refractivity contribution is 0.326. The summed E-state index contributed by atoms with van der Waals surface area (Å²) in [7, 11) is -1.97. The smallest absolute Gasteiger partial charge is 0.242 e. The number of likely N-dealkylation sites (tertiary alicyclic amines) is 1. The van der Waals surface area contributed by atoms with E-state index in [0.29, 0.717) is 16.6 Å². The van der Waals surface area contributed by atoms with E-state index in [1.54, 1.807) is 12.1 Å². The standard InChI is InChI=1S/C14H21N3O2S/c1-15-20(18,19)14-5-3-2-4-13(14)16-11-8-9-17(10-11)12-6-7-12/h2-5,11-12,15-16H,6-10H2,1H3. The minimum absolute atomic E-state index is 0.326. The van der Waals surface area contributed by atoms with Gasteiger partial charge in [0, 0.05) is 25.2 Å². The van der Waals surface area contributed by atoms with Gasteiger partial charge in [-0.1, -0.05) is 12.1 Å². The zero-order chi connectivity index (χ0) is 14.2. The van der Waals surface area contributed by atoms with Crippen molar-refractivity contribution in [1.29, 1.82) is 0 Å². The van der Waals surface area contributed by atoms with Crippen molar-refractivity contribution in [1.82, 2.24) is 9.62 Å². The molecular weight excluding hydrogens is 274 g/mol. The third-order valence-corrected chi connectivity index (χ3v) is 5.56. The number of para-hydroxylation sites is 1. The molecule has 2 aliphatic rings. The molecule has 3 rings (SSSR count). The lowest BCUT2D eigenvalue weighted by Crippen LogP contribution is -2.28. The van der Waals surface area contributed by atoms with Gasteiger partial charge in [-0.3, -0.25) is 4.90 Å². The van der Waals surface area contributed by atoms with E-state index in [-0.39, 0.29) is 0 Å². The number of sulfonamides is 1. The molecule has 6 heteroatoms. The summed E-state index contributed by atoms with van der Waals surface area (Å²) in [5, 5.41) is 3.40. The van der Waals surface area contributed by atoms with E-state index in [1.807, 2.05) is 12.1 Å². The van der Waals surface area contributed by atoms with E-state index in [1.165, 1.54) is 19.9 Å². The Morgan fingerprint density at radius 2 is 1.95 bits per heavy atom. The molecule has 1 aromatic carbocycles. The highest BCUT2D eigenvalue weighted by Gasteiger charge is 2.34. The molecule has 5 nitrogen and oxygen atoms in total. The first-order valence-corrected chi connectivity index (χ1v) is 8.61. The summed E-state index contributed by atoms with van der Waals surface area (Å²) in [6.45, 7) is 2.13. The molecule has 0 amide bonds. The van der Waals surface area contributed by atoms with Crippen molar-refractivity contribution in [2.24, 2.45) is 0 Å². The molecule has 1 aliphatic heterocycles. The van der Waals surface area contributed by atoms with Gasteiger partial charge in [0.2, 0.25) is 10.0 Å². The molecule has 0 radical (unpaired) electrons. The second-order valence-electron chi connectivity index (χ2n) is 5.56. The van der Waals surface area contributed by atoms with E-state index in [4.69, 9.17) is 0 Å². The summed E-state index contributed by atoms with van der Waals surface area (Å²) in [5.74, 6) is 0. The number of anilines is 1. The maximum absolute atomic E-state index is 12.0. The largest absolute Gasteiger partial charge is 0.380 e. The Kier molecular flexibility index (Phi) is 3.70. The molecule has 20 heavy (non-hydrogen) atoms. The molecule has 1 heterocycles. The number of benzene rings is 1. The van der Waals surface area contributed by atoms with Crippen molar-refractivity contribution < 1.29 is 8.42 Å². The number of rotatable bonds is 5. The fraction of sp³-hybridized carbons (Fsp3) is 0.571. The van der Waals surface area contributed by atoms with Crippen molar-refractivity contribution in [3.05, 3.63) is 24.3 Å². The number of hydrogen-bond donors (Lipinski definition) is 2. The lowest BCUT2D eigenvalue weighted by atomic mass is 10.2. The molecule has 2 N–H and O–H groups in total. The predicted octanol–water partition coefficient (Wildman–Crippen LogP) is 1.24. The summed E-state index contributed by atoms with van der Waals surface area (Å²) in [4.78, 5) is 2.83. The minimum atomic E-state index is -3.41. The van der Waals surface area contributed by atoms with Crippen LogP contribution in [0.15, 0.2) is 29.2 Å². The molecule has 0 bridgehead atoms. The van der Waals surface area contributed by atoms with Crippen molar-refractivity contribution >= 4 is 15.7 Å². The van der Waals surface area contributed by atoms with Gasteiger partial charge in [-0.05, 0) is 38.4 Å². The molecule has 1 saturated heterocycles. The van der Waals surface area contributed by atoms with Gasteiger partial charge in [-0.2, -0.15) is 0 Å². The number of nitrogens with zero attached hydrogens (tertiary/aromatic N) is 1. The molecule has 1 atom stereocenters. The molecule has 0 aromatic heterocycles. The van der Waals surface area contributed by atoms with Crippen molar-refractivity contribution in [3.63, 3.8) is 0 Å². The van der Waals surface area contributed by atoms with Gasteiger partial charge in [0.25, 0.3) is 0 Å². The number of hydrogen-bond acceptors (Lipinski definition) is 4. The summed E-state index contributed by atoms with van der Waals surface area (Å²) >= 11 is 0. The SMILES string of the molecule is CNS(=O)(=O)c1ccccc1NC1CCN(C2CC2)C1. The third-order valence-electron chi connectivity index (χ3n) is 4.09. The van der Waals surface area contributed by atoms with Crippen LogP contribution in [0.3, 0.4) is 0 Å². The second-order valence-corrected chi connectivity index (χ2v) is 7.41. The minimum Gasteiger partial charge on any atom is -0.380 e. The fourth-order valence-electron chi connectivity index (χ4n) is 2.83. The quantitative estimate of drug-likeness (QED) is 0.858. The van der Waals surface area contributed by atoms with Gasteiger partial charge in [-0.25, -0.2) is 13.1 Å². The van der Waals surface area contributed by atoms with Crippen LogP contribution in [-0.4, -0.2) is 45.5 Å². The average molecular weight is 295 g/mol. The molecular formula is C14H21N3O2S. The van der Waals surface area contributed by atoms with Gasteiger partial charge in [-0.15, -0.1) is 0 Å². The van der Waals surface area contributed by atoms with Gasteiger partial charge < -0.3 is 5.32 Å². The molecule has 1 unspecified atom stereocenters. The monoisotopic (exact) mass is 295 g/mol. The van der Waals surface area contributed by atoms with Crippen molar-refractivity contribution in [2.45, 2.75) is 36.2 Å². The first-order valence-electron chi connectivity index (χ1n) is 7.13. The highest BCUT2D eigenvalue weighted by atomic mass is 32.2. The first-order chi connectivity index (χ1) is 9.60. The zero-order valence-electron chi connectivity index (χ0n) is 11.7. The first kappa shape index (κ1) is 13.9. The highest BCUT2D eigenvalue weighted by Crippen LogP contribution is 2.31. The summed E-state index contributed by atoms with van der Waals surface area (Å²) in [5.41, 5.74) is 0.699. The van der Waals surface area contributed by atoms with Crippen molar-refractivity contribution in [2.75, 3.05) is 25.5 Å². The maximum atomic E-state index is 12.0. The molecule has 1 aromatic rings. The molecule has 110 valence electrons. The molecule has 1 aliphatic carbocycles. The Hall–Kier alpha value is -1.11. The lowest BCUT2D eigenvalue weighted by Gasteiger charge is -2.18. The van der Waals surface area contributed by atoms with E-state index in [2.05, 4.69) is 14.9 Å². The van der Waals surface area contributed by atoms with Gasteiger partial charge in [0.1, 0.15) is 4.90 Å². The Bertz CT molecular complexity index is 584. The normalized spacial score (nSPS) is 23.9. The Labute approximate surface area is 120 Å². The fourth-order valence-corrected chi connectivity index (χ4v) is 3.72. The van der Waals surface area contributed by atoms with E-state index in [0.717, 1.165) is 25.6 Å². The van der Waals surface area contributed by atoms with Crippen LogP contribution in [0.2, 0.25) is 0 Å². The average Bonchev–Trinajstić information content (AvgIpc) is 3.20. The van der Waals surface area contributed by atoms with Gasteiger partial charge in [0.15, 0.2) is 0 Å². The Morgan fingerprint density at radius 3 is 2.65 bits per heavy atom. The topological polar surface area (TPSA) is 61.4 Å². The van der Waals surface area contributed by atoms with Crippen LogP contribution in [-0.2, 0) is 10.0 Å². The van der Waals surface area contributed by atoms with Crippen LogP contribution in [0.5, 0.6) is 0 Å². The number of nitrogens with one attached hydrogen (secondary N) is 2. The van der Waals surface area contributed by atoms with Crippen LogP contribution < -0.4 is 10.0 Å². The summed E-state index contributed by atoms with van der Waals surface area (Å²) in [6, 6.07) is 8.21. The van der Waals surface area contributed by atoms with Crippen molar-refractivity contribution in [3.8, 4) is 0 Å². The predicted molar refractivity (Wildman–Crippen MR) is 79.3 cm³/mol. The van der Waals surface area contributed by atoms with E-state index >= 15 is 0 Å². The second kappa shape index (κ2) is 5.35. The van der Waals surface area contributed by atoms with Crippen LogP contribution in [0.25, 0.3) is 0 Å². The summed E-state index contributed by atoms with van der Waals surface area (Å²) < 4.78 is 26.4. The van der Waals surface area contributed by atoms with Gasteiger partial charge >= 0.3 is 0 Å². The van der Waals surface area contributed by atoms with Crippen LogP contribution >= 0.6 is 0 Å². The molecule has 0 spiro atoms. The Balaban J connectivity index is 1.74. The molecule has 1 saturated carbocycles. The van der Waals surface area contributed by atoms with Crippen LogP contribution in [0, 0.1) is 0 Å². The van der Waals surface area contributed by atoms with E-state index in [9.17, 15) is 8.42 Å². The third kappa shape index (κ3) is 2.82. The summed E-state index contributed by atoms with van der Waals surface area (Å²) in [6.07, 6.45) is 3.71. The Morgan fingerprint density at radius 1 is 1.20 bits per heavy atom. The van der Waals surface area contributed by atoms with E-state index < -0.39 is 10.0 Å². The van der Waals surface area contributed by atoms with Crippen LogP contribution in [0.4, 0.5) is 5.69 Å².